The standard InChI is InChI=1S/C26H40O3/c1-18(27)7-5-6-13-26(28)16-15-24(2)19(17-26)8-9-20-21-10-11-23(29-4)25(21,3)14-12-22(20)24/h19-23,28H,5,7-12,14-17H2,1-4H3/t19-,20+,21+,22+,23+,24+,25+,26-/m1/s1. The van der Waals surface area contributed by atoms with E-state index in [-0.39, 0.29) is 5.78 Å². The van der Waals surface area contributed by atoms with E-state index in [0.717, 1.165) is 37.0 Å². The zero-order valence-electron chi connectivity index (χ0n) is 18.9. The van der Waals surface area contributed by atoms with Crippen LogP contribution in [0.1, 0.15) is 91.4 Å². The summed E-state index contributed by atoms with van der Waals surface area (Å²) in [5, 5.41) is 11.2. The van der Waals surface area contributed by atoms with Gasteiger partial charge in [0.05, 0.1) is 6.10 Å². The molecule has 29 heavy (non-hydrogen) atoms. The molecular weight excluding hydrogens is 360 g/mol. The molecule has 0 saturated heterocycles. The molecule has 8 atom stereocenters. The van der Waals surface area contributed by atoms with Gasteiger partial charge in [-0.2, -0.15) is 0 Å². The van der Waals surface area contributed by atoms with Crippen LogP contribution in [0.5, 0.6) is 0 Å². The van der Waals surface area contributed by atoms with E-state index >= 15 is 0 Å². The lowest BCUT2D eigenvalue weighted by Gasteiger charge is -2.61. The van der Waals surface area contributed by atoms with Crippen LogP contribution in [0.3, 0.4) is 0 Å². The van der Waals surface area contributed by atoms with Gasteiger partial charge in [-0.15, -0.1) is 0 Å². The Morgan fingerprint density at radius 2 is 1.79 bits per heavy atom. The van der Waals surface area contributed by atoms with Gasteiger partial charge < -0.3 is 9.84 Å². The number of ether oxygens (including phenoxy) is 1. The smallest absolute Gasteiger partial charge is 0.130 e. The molecule has 0 heterocycles. The largest absolute Gasteiger partial charge is 0.381 e. The van der Waals surface area contributed by atoms with Crippen LogP contribution in [0.15, 0.2) is 0 Å². The van der Waals surface area contributed by atoms with Crippen LogP contribution in [0.2, 0.25) is 0 Å². The van der Waals surface area contributed by atoms with Crippen molar-refractivity contribution >= 4 is 5.78 Å². The number of methoxy groups -OCH3 is 1. The molecule has 4 saturated carbocycles. The third-order valence-corrected chi connectivity index (χ3v) is 9.85. The average Bonchev–Trinajstić information content (AvgIpc) is 3.02. The maximum atomic E-state index is 11.2. The molecule has 4 rings (SSSR count). The van der Waals surface area contributed by atoms with Crippen molar-refractivity contribution in [2.24, 2.45) is 34.5 Å². The molecule has 4 fully saturated rings. The highest BCUT2D eigenvalue weighted by Crippen LogP contribution is 2.67. The zero-order chi connectivity index (χ0) is 20.9. The van der Waals surface area contributed by atoms with Crippen LogP contribution in [-0.4, -0.2) is 29.7 Å². The van der Waals surface area contributed by atoms with Gasteiger partial charge in [0, 0.05) is 20.0 Å². The fraction of sp³-hybridized carbons (Fsp3) is 0.885. The van der Waals surface area contributed by atoms with Gasteiger partial charge in [0.25, 0.3) is 0 Å². The van der Waals surface area contributed by atoms with Crippen molar-refractivity contribution in [3.63, 3.8) is 0 Å². The molecule has 4 aliphatic carbocycles. The molecule has 0 spiro atoms. The maximum absolute atomic E-state index is 11.2. The van der Waals surface area contributed by atoms with Crippen molar-refractivity contribution in [2.45, 2.75) is 103 Å². The predicted molar refractivity (Wildman–Crippen MR) is 115 cm³/mol. The molecule has 0 aromatic heterocycles. The Balaban J connectivity index is 1.48. The molecule has 0 unspecified atom stereocenters. The molecular formula is C26H40O3. The quantitative estimate of drug-likeness (QED) is 0.667. The summed E-state index contributed by atoms with van der Waals surface area (Å²) in [4.78, 5) is 11.1. The summed E-state index contributed by atoms with van der Waals surface area (Å²) in [5.74, 6) is 9.47. The summed E-state index contributed by atoms with van der Waals surface area (Å²) in [6.45, 7) is 6.64. The maximum Gasteiger partial charge on any atom is 0.130 e. The first-order chi connectivity index (χ1) is 13.7. The van der Waals surface area contributed by atoms with Gasteiger partial charge in [0.15, 0.2) is 0 Å². The normalized spacial score (nSPS) is 48.7. The third-order valence-electron chi connectivity index (χ3n) is 9.85. The van der Waals surface area contributed by atoms with E-state index in [1.54, 1.807) is 6.92 Å². The second-order valence-corrected chi connectivity index (χ2v) is 11.2. The van der Waals surface area contributed by atoms with Crippen LogP contribution in [0, 0.1) is 46.3 Å². The molecule has 162 valence electrons. The fourth-order valence-corrected chi connectivity index (χ4v) is 8.16. The topological polar surface area (TPSA) is 46.5 Å². The lowest BCUT2D eigenvalue weighted by atomic mass is 9.44. The minimum atomic E-state index is -0.842. The van der Waals surface area contributed by atoms with Gasteiger partial charge in [0.2, 0.25) is 0 Å². The van der Waals surface area contributed by atoms with E-state index in [9.17, 15) is 9.90 Å². The van der Waals surface area contributed by atoms with Crippen molar-refractivity contribution in [1.29, 1.82) is 0 Å². The van der Waals surface area contributed by atoms with Gasteiger partial charge in [-0.05, 0) is 99.2 Å². The lowest BCUT2D eigenvalue weighted by molar-refractivity contribution is -0.146. The molecule has 0 radical (unpaired) electrons. The Kier molecular flexibility index (Phi) is 5.67. The Labute approximate surface area is 177 Å². The Morgan fingerprint density at radius 1 is 1.03 bits per heavy atom. The molecule has 0 aliphatic heterocycles. The minimum Gasteiger partial charge on any atom is -0.381 e. The van der Waals surface area contributed by atoms with Gasteiger partial charge >= 0.3 is 0 Å². The second-order valence-electron chi connectivity index (χ2n) is 11.2. The average molecular weight is 401 g/mol. The number of aliphatic hydroxyl groups is 1. The van der Waals surface area contributed by atoms with Crippen LogP contribution >= 0.6 is 0 Å². The first-order valence-corrected chi connectivity index (χ1v) is 12.0. The van der Waals surface area contributed by atoms with Gasteiger partial charge in [0.1, 0.15) is 11.4 Å². The number of ketones is 1. The molecule has 0 aromatic carbocycles. The van der Waals surface area contributed by atoms with Crippen LogP contribution in [-0.2, 0) is 9.53 Å². The van der Waals surface area contributed by atoms with Gasteiger partial charge in [-0.3, -0.25) is 4.79 Å². The number of Topliss-reactive ketones (excluding diaryl/α,β-unsaturated/α-hetero) is 1. The predicted octanol–water partition coefficient (Wildman–Crippen LogP) is 5.15. The lowest BCUT2D eigenvalue weighted by Crippen LogP contribution is -2.56. The number of carbonyl (C=O) groups excluding carboxylic acids is 1. The highest BCUT2D eigenvalue weighted by Gasteiger charge is 2.61. The van der Waals surface area contributed by atoms with E-state index in [4.69, 9.17) is 4.74 Å². The summed E-state index contributed by atoms with van der Waals surface area (Å²) in [5.41, 5.74) is -0.120. The summed E-state index contributed by atoms with van der Waals surface area (Å²) in [6.07, 6.45) is 12.0. The van der Waals surface area contributed by atoms with E-state index < -0.39 is 5.60 Å². The summed E-state index contributed by atoms with van der Waals surface area (Å²) in [6, 6.07) is 0. The van der Waals surface area contributed by atoms with E-state index in [1.165, 1.54) is 38.5 Å². The van der Waals surface area contributed by atoms with E-state index in [2.05, 4.69) is 25.7 Å². The summed E-state index contributed by atoms with van der Waals surface area (Å²) in [7, 11) is 1.90. The molecule has 1 N–H and O–H groups in total. The first kappa shape index (κ1) is 21.4. The van der Waals surface area contributed by atoms with Gasteiger partial charge in [-0.25, -0.2) is 0 Å². The number of fused-ring (bicyclic) bond motifs is 5. The molecule has 0 aromatic rings. The third kappa shape index (κ3) is 3.59. The highest BCUT2D eigenvalue weighted by atomic mass is 16.5. The molecule has 0 amide bonds. The number of hydrogen-bond donors (Lipinski definition) is 1. The first-order valence-electron chi connectivity index (χ1n) is 12.0. The molecule has 0 bridgehead atoms. The highest BCUT2D eigenvalue weighted by molar-refractivity contribution is 5.75. The van der Waals surface area contributed by atoms with Crippen LogP contribution in [0.25, 0.3) is 0 Å². The number of carbonyl (C=O) groups is 1. The van der Waals surface area contributed by atoms with E-state index in [1.807, 2.05) is 7.11 Å². The number of rotatable bonds is 3. The van der Waals surface area contributed by atoms with Crippen molar-refractivity contribution < 1.29 is 14.6 Å². The monoisotopic (exact) mass is 400 g/mol. The van der Waals surface area contributed by atoms with Crippen molar-refractivity contribution in [3.05, 3.63) is 0 Å². The van der Waals surface area contributed by atoms with Gasteiger partial charge in [-0.1, -0.05) is 25.7 Å². The number of hydrogen-bond acceptors (Lipinski definition) is 3. The minimum absolute atomic E-state index is 0.174. The van der Waals surface area contributed by atoms with Crippen molar-refractivity contribution in [2.75, 3.05) is 7.11 Å². The summed E-state index contributed by atoms with van der Waals surface area (Å²) < 4.78 is 5.91. The summed E-state index contributed by atoms with van der Waals surface area (Å²) >= 11 is 0. The fourth-order valence-electron chi connectivity index (χ4n) is 8.16. The Bertz CT molecular complexity index is 704. The van der Waals surface area contributed by atoms with Crippen molar-refractivity contribution in [1.82, 2.24) is 0 Å². The molecule has 3 nitrogen and oxygen atoms in total. The Hall–Kier alpha value is -0.850. The molecule has 3 heteroatoms. The SMILES string of the molecule is CO[C@H]1CC[C@H]2[C@@H]3CC[C@@H]4C[C@@](O)(C#CCCC(C)=O)CC[C@]4(C)[C@H]3CC[C@]12C. The molecule has 4 aliphatic rings. The van der Waals surface area contributed by atoms with E-state index in [0.29, 0.717) is 35.7 Å². The van der Waals surface area contributed by atoms with Crippen LogP contribution < -0.4 is 0 Å². The van der Waals surface area contributed by atoms with Crippen LogP contribution in [0.4, 0.5) is 0 Å². The van der Waals surface area contributed by atoms with Crippen molar-refractivity contribution in [3.8, 4) is 11.8 Å². The second kappa shape index (κ2) is 7.69. The Morgan fingerprint density at radius 3 is 2.52 bits per heavy atom. The zero-order valence-corrected chi connectivity index (χ0v) is 18.9.